The van der Waals surface area contributed by atoms with Crippen molar-refractivity contribution in [2.24, 2.45) is 5.73 Å². The normalized spacial score (nSPS) is 23.8. The van der Waals surface area contributed by atoms with Gasteiger partial charge in [-0.15, -0.1) is 0 Å². The molecule has 0 aromatic heterocycles. The Labute approximate surface area is 73.4 Å². The van der Waals surface area contributed by atoms with Crippen LogP contribution in [0.5, 0.6) is 0 Å². The van der Waals surface area contributed by atoms with Crippen LogP contribution in [-0.4, -0.2) is 18.1 Å². The lowest BCUT2D eigenvalue weighted by Gasteiger charge is -1.98. The van der Waals surface area contributed by atoms with Gasteiger partial charge in [-0.05, 0) is 37.7 Å². The van der Waals surface area contributed by atoms with Crippen LogP contribution in [0.2, 0.25) is 0 Å². The first-order valence-corrected chi connectivity index (χ1v) is 5.66. The van der Waals surface area contributed by atoms with Crippen molar-refractivity contribution in [3.63, 3.8) is 0 Å². The van der Waals surface area contributed by atoms with E-state index < -0.39 is 0 Å². The molecule has 0 aromatic carbocycles. The smallest absolute Gasteiger partial charge is 0.0229 e. The van der Waals surface area contributed by atoms with E-state index >= 15 is 0 Å². The largest absolute Gasteiger partial charge is 0.324 e. The maximum atomic E-state index is 5.75. The van der Waals surface area contributed by atoms with Crippen LogP contribution in [0.3, 0.4) is 0 Å². The van der Waals surface area contributed by atoms with Crippen LogP contribution in [0.4, 0.5) is 0 Å². The molecule has 2 heteroatoms. The van der Waals surface area contributed by atoms with Crippen LogP contribution < -0.4 is 5.73 Å². The minimum Gasteiger partial charge on any atom is -0.324 e. The molecule has 64 valence electrons. The molecule has 1 aliphatic carbocycles. The van der Waals surface area contributed by atoms with Crippen LogP contribution in [0, 0.1) is 0 Å². The summed E-state index contributed by atoms with van der Waals surface area (Å²) in [5.74, 6) is 1.28. The zero-order valence-electron chi connectivity index (χ0n) is 7.18. The number of rotatable bonds is 4. The summed E-state index contributed by atoms with van der Waals surface area (Å²) in [4.78, 5) is 0. The molecule has 1 rings (SSSR count). The van der Waals surface area contributed by atoms with Gasteiger partial charge in [0.2, 0.25) is 0 Å². The van der Waals surface area contributed by atoms with Crippen molar-refractivity contribution in [3.05, 3.63) is 11.6 Å². The summed E-state index contributed by atoms with van der Waals surface area (Å²) in [6.07, 6.45) is 9.42. The summed E-state index contributed by atoms with van der Waals surface area (Å²) in [5.41, 5.74) is 7.34. The van der Waals surface area contributed by atoms with Crippen molar-refractivity contribution < 1.29 is 0 Å². The standard InChI is InChI=1S/C9H17NS/c1-11-6-2-3-8-4-5-9(10)7-8/h7,9H,2-6,10H2,1H3. The van der Waals surface area contributed by atoms with Crippen LogP contribution >= 0.6 is 11.8 Å². The summed E-state index contributed by atoms with van der Waals surface area (Å²) < 4.78 is 0. The molecule has 0 aromatic rings. The summed E-state index contributed by atoms with van der Waals surface area (Å²) in [6, 6.07) is 0.360. The second-order valence-electron chi connectivity index (χ2n) is 3.12. The van der Waals surface area contributed by atoms with Crippen LogP contribution in [0.25, 0.3) is 0 Å². The number of nitrogens with two attached hydrogens (primary N) is 1. The third-order valence-electron chi connectivity index (χ3n) is 2.09. The molecule has 0 amide bonds. The van der Waals surface area contributed by atoms with Crippen LogP contribution in [-0.2, 0) is 0 Å². The molecule has 0 spiro atoms. The Hall–Kier alpha value is 0.0500. The van der Waals surface area contributed by atoms with Gasteiger partial charge in [0.1, 0.15) is 0 Å². The first kappa shape index (κ1) is 9.14. The molecular formula is C9H17NS. The van der Waals surface area contributed by atoms with E-state index in [0.717, 1.165) is 0 Å². The molecule has 0 fully saturated rings. The lowest BCUT2D eigenvalue weighted by molar-refractivity contribution is 0.760. The zero-order valence-corrected chi connectivity index (χ0v) is 7.99. The molecular weight excluding hydrogens is 154 g/mol. The molecule has 1 nitrogen and oxygen atoms in total. The third-order valence-corrected chi connectivity index (χ3v) is 2.79. The summed E-state index contributed by atoms with van der Waals surface area (Å²) in [7, 11) is 0. The van der Waals surface area contributed by atoms with Gasteiger partial charge in [0, 0.05) is 6.04 Å². The lowest BCUT2D eigenvalue weighted by atomic mass is 10.1. The Bertz CT molecular complexity index is 142. The van der Waals surface area contributed by atoms with Crippen molar-refractivity contribution in [1.82, 2.24) is 0 Å². The molecule has 1 aliphatic rings. The molecule has 0 saturated carbocycles. The fourth-order valence-corrected chi connectivity index (χ4v) is 1.91. The lowest BCUT2D eigenvalue weighted by Crippen LogP contribution is -2.11. The molecule has 1 atom stereocenters. The van der Waals surface area contributed by atoms with Gasteiger partial charge in [-0.2, -0.15) is 11.8 Å². The highest BCUT2D eigenvalue weighted by Crippen LogP contribution is 2.21. The molecule has 2 N–H and O–H groups in total. The van der Waals surface area contributed by atoms with Gasteiger partial charge in [-0.3, -0.25) is 0 Å². The van der Waals surface area contributed by atoms with Gasteiger partial charge in [0.05, 0.1) is 0 Å². The highest BCUT2D eigenvalue weighted by molar-refractivity contribution is 7.98. The predicted octanol–water partition coefficient (Wildman–Crippen LogP) is 2.18. The first-order chi connectivity index (χ1) is 5.33. The van der Waals surface area contributed by atoms with Crippen LogP contribution in [0.1, 0.15) is 25.7 Å². The zero-order chi connectivity index (χ0) is 8.10. The van der Waals surface area contributed by atoms with E-state index in [1.165, 1.54) is 31.4 Å². The van der Waals surface area contributed by atoms with E-state index in [2.05, 4.69) is 12.3 Å². The average molecular weight is 171 g/mol. The Morgan fingerprint density at radius 2 is 2.55 bits per heavy atom. The van der Waals surface area contributed by atoms with Crippen molar-refractivity contribution in [1.29, 1.82) is 0 Å². The van der Waals surface area contributed by atoms with Gasteiger partial charge in [-0.1, -0.05) is 11.6 Å². The third kappa shape index (κ3) is 3.30. The Balaban J connectivity index is 2.12. The maximum absolute atomic E-state index is 5.75. The van der Waals surface area contributed by atoms with E-state index in [4.69, 9.17) is 5.73 Å². The van der Waals surface area contributed by atoms with E-state index in [1.54, 1.807) is 5.57 Å². The molecule has 1 unspecified atom stereocenters. The molecule has 0 heterocycles. The minimum atomic E-state index is 0.360. The molecule has 11 heavy (non-hydrogen) atoms. The van der Waals surface area contributed by atoms with Crippen molar-refractivity contribution in [3.8, 4) is 0 Å². The molecule has 0 radical (unpaired) electrons. The Kier molecular flexibility index (Phi) is 4.02. The Morgan fingerprint density at radius 1 is 1.73 bits per heavy atom. The minimum absolute atomic E-state index is 0.360. The van der Waals surface area contributed by atoms with Crippen molar-refractivity contribution >= 4 is 11.8 Å². The number of hydrogen-bond donors (Lipinski definition) is 1. The quantitative estimate of drug-likeness (QED) is 0.518. The number of thioether (sulfide) groups is 1. The van der Waals surface area contributed by atoms with E-state index in [0.29, 0.717) is 6.04 Å². The van der Waals surface area contributed by atoms with E-state index in [9.17, 15) is 0 Å². The number of allylic oxidation sites excluding steroid dienone is 1. The van der Waals surface area contributed by atoms with Crippen molar-refractivity contribution in [2.45, 2.75) is 31.7 Å². The van der Waals surface area contributed by atoms with Gasteiger partial charge >= 0.3 is 0 Å². The first-order valence-electron chi connectivity index (χ1n) is 4.27. The summed E-state index contributed by atoms with van der Waals surface area (Å²) >= 11 is 1.93. The summed E-state index contributed by atoms with van der Waals surface area (Å²) in [5, 5.41) is 0. The van der Waals surface area contributed by atoms with Gasteiger partial charge in [-0.25, -0.2) is 0 Å². The van der Waals surface area contributed by atoms with Crippen LogP contribution in [0.15, 0.2) is 11.6 Å². The average Bonchev–Trinajstić information content (AvgIpc) is 2.37. The Morgan fingerprint density at radius 3 is 3.09 bits per heavy atom. The second kappa shape index (κ2) is 4.83. The topological polar surface area (TPSA) is 26.0 Å². The SMILES string of the molecule is CSCCCC1=CC(N)CC1. The maximum Gasteiger partial charge on any atom is 0.0229 e. The van der Waals surface area contributed by atoms with E-state index in [-0.39, 0.29) is 0 Å². The number of hydrogen-bond acceptors (Lipinski definition) is 2. The highest BCUT2D eigenvalue weighted by Gasteiger charge is 2.10. The fourth-order valence-electron chi connectivity index (χ4n) is 1.47. The monoisotopic (exact) mass is 171 g/mol. The molecule has 0 bridgehead atoms. The molecule has 0 saturated heterocycles. The van der Waals surface area contributed by atoms with Gasteiger partial charge in [0.25, 0.3) is 0 Å². The van der Waals surface area contributed by atoms with Crippen molar-refractivity contribution in [2.75, 3.05) is 12.0 Å². The van der Waals surface area contributed by atoms with E-state index in [1.807, 2.05) is 11.8 Å². The molecule has 0 aliphatic heterocycles. The van der Waals surface area contributed by atoms with Gasteiger partial charge in [0.15, 0.2) is 0 Å². The second-order valence-corrected chi connectivity index (χ2v) is 4.11. The summed E-state index contributed by atoms with van der Waals surface area (Å²) in [6.45, 7) is 0. The highest BCUT2D eigenvalue weighted by atomic mass is 32.2. The fraction of sp³-hybridized carbons (Fsp3) is 0.778. The van der Waals surface area contributed by atoms with Gasteiger partial charge < -0.3 is 5.73 Å². The predicted molar refractivity (Wildman–Crippen MR) is 52.9 cm³/mol.